The van der Waals surface area contributed by atoms with Crippen molar-refractivity contribution in [3.63, 3.8) is 0 Å². The monoisotopic (exact) mass is 432 g/mol. The van der Waals surface area contributed by atoms with Crippen LogP contribution in [0, 0.1) is 6.92 Å². The van der Waals surface area contributed by atoms with Crippen LogP contribution in [0.15, 0.2) is 28.1 Å². The van der Waals surface area contributed by atoms with E-state index in [2.05, 4.69) is 15.6 Å². The number of nitrogens with one attached hydrogen (secondary N) is 2. The topological polar surface area (TPSA) is 108 Å². The van der Waals surface area contributed by atoms with Crippen molar-refractivity contribution in [2.24, 2.45) is 4.99 Å². The molecule has 0 bridgehead atoms. The molecule has 0 atom stereocenters. The van der Waals surface area contributed by atoms with E-state index in [1.54, 1.807) is 33.0 Å². The molecule has 0 spiro atoms. The quantitative estimate of drug-likeness (QED) is 0.326. The Balaban J connectivity index is 2.66. The Morgan fingerprint density at radius 3 is 2.36 bits per heavy atom. The zero-order chi connectivity index (χ0) is 21.4. The summed E-state index contributed by atoms with van der Waals surface area (Å²) in [7, 11) is -4.80. The highest BCUT2D eigenvalue weighted by Gasteiger charge is 2.14. The van der Waals surface area contributed by atoms with Crippen LogP contribution in [0.5, 0.6) is 0 Å². The fourth-order valence-electron chi connectivity index (χ4n) is 2.61. The molecule has 0 fully saturated rings. The van der Waals surface area contributed by atoms with Gasteiger partial charge in [0.2, 0.25) is 10.0 Å². The van der Waals surface area contributed by atoms with Crippen molar-refractivity contribution in [1.29, 1.82) is 0 Å². The Morgan fingerprint density at radius 2 is 1.82 bits per heavy atom. The number of guanidine groups is 1. The summed E-state index contributed by atoms with van der Waals surface area (Å²) < 4.78 is 48.2. The lowest BCUT2D eigenvalue weighted by molar-refractivity contribution is 0.461. The molecule has 0 aliphatic carbocycles. The fraction of sp³-hybridized carbons (Fsp3) is 0.611. The van der Waals surface area contributed by atoms with Gasteiger partial charge in [-0.25, -0.2) is 26.1 Å². The van der Waals surface area contributed by atoms with Crippen molar-refractivity contribution < 1.29 is 16.8 Å². The molecule has 0 saturated carbocycles. The normalized spacial score (nSPS) is 13.0. The van der Waals surface area contributed by atoms with Gasteiger partial charge in [-0.05, 0) is 44.4 Å². The minimum atomic E-state index is -3.23. The third-order valence-corrected chi connectivity index (χ3v) is 7.30. The maximum Gasteiger partial charge on any atom is 0.213 e. The van der Waals surface area contributed by atoms with Crippen molar-refractivity contribution in [2.75, 3.05) is 38.7 Å². The van der Waals surface area contributed by atoms with E-state index in [1.807, 2.05) is 13.0 Å². The smallest absolute Gasteiger partial charge is 0.213 e. The van der Waals surface area contributed by atoms with Crippen LogP contribution >= 0.6 is 0 Å². The van der Waals surface area contributed by atoms with E-state index in [-0.39, 0.29) is 5.75 Å². The van der Waals surface area contributed by atoms with Gasteiger partial charge in [0, 0.05) is 32.9 Å². The van der Waals surface area contributed by atoms with Gasteiger partial charge in [-0.2, -0.15) is 0 Å². The maximum absolute atomic E-state index is 11.7. The summed E-state index contributed by atoms with van der Waals surface area (Å²) >= 11 is 0. The molecule has 0 radical (unpaired) electrons. The molecule has 1 aromatic rings. The third kappa shape index (κ3) is 7.76. The second-order valence-corrected chi connectivity index (χ2v) is 10.9. The minimum Gasteiger partial charge on any atom is -0.357 e. The zero-order valence-electron chi connectivity index (χ0n) is 17.3. The van der Waals surface area contributed by atoms with Crippen LogP contribution in [0.4, 0.5) is 0 Å². The van der Waals surface area contributed by atoms with Crippen LogP contribution in [0.2, 0.25) is 0 Å². The molecule has 0 unspecified atom stereocenters. The first-order valence-electron chi connectivity index (χ1n) is 9.27. The van der Waals surface area contributed by atoms with Gasteiger partial charge >= 0.3 is 0 Å². The average Bonchev–Trinajstić information content (AvgIpc) is 2.61. The number of aliphatic imine (C=N–C) groups is 1. The van der Waals surface area contributed by atoms with Gasteiger partial charge in [-0.15, -0.1) is 0 Å². The second kappa shape index (κ2) is 10.8. The highest BCUT2D eigenvalue weighted by Crippen LogP contribution is 2.17. The van der Waals surface area contributed by atoms with Crippen LogP contribution in [0.3, 0.4) is 0 Å². The van der Waals surface area contributed by atoms with Crippen LogP contribution < -0.4 is 10.6 Å². The van der Waals surface area contributed by atoms with Gasteiger partial charge < -0.3 is 10.6 Å². The van der Waals surface area contributed by atoms with Crippen molar-refractivity contribution in [2.45, 2.75) is 38.6 Å². The van der Waals surface area contributed by atoms with Gasteiger partial charge in [0.15, 0.2) is 15.8 Å². The van der Waals surface area contributed by atoms with Crippen molar-refractivity contribution in [1.82, 2.24) is 14.9 Å². The molecule has 10 heteroatoms. The zero-order valence-corrected chi connectivity index (χ0v) is 19.0. The fourth-order valence-corrected chi connectivity index (χ4v) is 4.41. The van der Waals surface area contributed by atoms with E-state index in [0.29, 0.717) is 49.0 Å². The molecule has 160 valence electrons. The first-order valence-corrected chi connectivity index (χ1v) is 12.8. The van der Waals surface area contributed by atoms with Gasteiger partial charge in [-0.1, -0.05) is 12.1 Å². The molecule has 0 aliphatic heterocycles. The van der Waals surface area contributed by atoms with Crippen molar-refractivity contribution in [3.8, 4) is 0 Å². The van der Waals surface area contributed by atoms with Gasteiger partial charge in [0.1, 0.15) is 0 Å². The molecule has 1 aromatic carbocycles. The van der Waals surface area contributed by atoms with Crippen molar-refractivity contribution in [3.05, 3.63) is 29.3 Å². The molecular formula is C18H32N4O4S2. The molecule has 0 amide bonds. The summed E-state index contributed by atoms with van der Waals surface area (Å²) in [6, 6.07) is 5.20. The van der Waals surface area contributed by atoms with Crippen LogP contribution in [-0.4, -0.2) is 65.8 Å². The molecule has 2 N–H and O–H groups in total. The van der Waals surface area contributed by atoms with Crippen molar-refractivity contribution >= 4 is 25.8 Å². The highest BCUT2D eigenvalue weighted by molar-refractivity contribution is 7.90. The van der Waals surface area contributed by atoms with E-state index < -0.39 is 19.9 Å². The molecule has 0 aromatic heterocycles. The summed E-state index contributed by atoms with van der Waals surface area (Å²) in [5, 5.41) is 6.33. The Bertz CT molecular complexity index is 881. The number of sulfone groups is 1. The third-order valence-electron chi connectivity index (χ3n) is 4.18. The van der Waals surface area contributed by atoms with Gasteiger partial charge in [-0.3, -0.25) is 0 Å². The summed E-state index contributed by atoms with van der Waals surface area (Å²) in [5.74, 6) is 0.729. The molecule has 0 heterocycles. The lowest BCUT2D eigenvalue weighted by Gasteiger charge is -2.16. The van der Waals surface area contributed by atoms with E-state index in [9.17, 15) is 16.8 Å². The lowest BCUT2D eigenvalue weighted by atomic mass is 10.1. The average molecular weight is 433 g/mol. The number of rotatable bonds is 10. The minimum absolute atomic E-state index is 0.0958. The summed E-state index contributed by atoms with van der Waals surface area (Å²) in [5.41, 5.74) is 1.62. The van der Waals surface area contributed by atoms with Crippen LogP contribution in [0.1, 0.15) is 31.4 Å². The van der Waals surface area contributed by atoms with Gasteiger partial charge in [0.05, 0.1) is 17.2 Å². The number of sulfonamides is 1. The lowest BCUT2D eigenvalue weighted by Crippen LogP contribution is -2.39. The number of benzene rings is 1. The van der Waals surface area contributed by atoms with E-state index in [1.165, 1.54) is 10.6 Å². The number of aryl methyl sites for hydroxylation is 1. The summed E-state index contributed by atoms with van der Waals surface area (Å²) in [6.07, 6.45) is 1.85. The predicted octanol–water partition coefficient (Wildman–Crippen LogP) is 1.13. The first-order chi connectivity index (χ1) is 13.0. The second-order valence-electron chi connectivity index (χ2n) is 6.57. The Morgan fingerprint density at radius 1 is 1.14 bits per heavy atom. The standard InChI is InChI=1S/C18H32N4O4S2/c1-6-19-18(20-11-8-12-22(4)28(25,26)7-2)21-14-16-9-10-17(15(3)13-16)27(5,23)24/h9-10,13H,6-8,11-12,14H2,1-5H3,(H2,19,20,21). The number of hydrogen-bond donors (Lipinski definition) is 2. The molecule has 0 aliphatic rings. The van der Waals surface area contributed by atoms with Gasteiger partial charge in [0.25, 0.3) is 0 Å². The van der Waals surface area contributed by atoms with E-state index in [0.717, 1.165) is 5.56 Å². The maximum atomic E-state index is 11.7. The first kappa shape index (κ1) is 24.4. The molecular weight excluding hydrogens is 400 g/mol. The number of nitrogens with zero attached hydrogens (tertiary/aromatic N) is 2. The highest BCUT2D eigenvalue weighted by atomic mass is 32.2. The summed E-state index contributed by atoms with van der Waals surface area (Å²) in [4.78, 5) is 4.84. The molecule has 1 rings (SSSR count). The van der Waals surface area contributed by atoms with Crippen LogP contribution in [0.25, 0.3) is 0 Å². The molecule has 8 nitrogen and oxygen atoms in total. The van der Waals surface area contributed by atoms with E-state index in [4.69, 9.17) is 0 Å². The largest absolute Gasteiger partial charge is 0.357 e. The molecule has 0 saturated heterocycles. The van der Waals surface area contributed by atoms with E-state index >= 15 is 0 Å². The van der Waals surface area contributed by atoms with Crippen LogP contribution in [-0.2, 0) is 26.4 Å². The SMILES string of the molecule is CCNC(=NCc1ccc(S(C)(=O)=O)c(C)c1)NCCCN(C)S(=O)(=O)CC. The Kier molecular flexibility index (Phi) is 9.38. The Hall–Kier alpha value is -1.65. The Labute approximate surface area is 169 Å². The summed E-state index contributed by atoms with van der Waals surface area (Å²) in [6.45, 7) is 7.49. The number of hydrogen-bond acceptors (Lipinski definition) is 5. The predicted molar refractivity (Wildman–Crippen MR) is 114 cm³/mol. The molecule has 28 heavy (non-hydrogen) atoms.